The van der Waals surface area contributed by atoms with Gasteiger partial charge in [-0.15, -0.1) is 0 Å². The van der Waals surface area contributed by atoms with Crippen molar-refractivity contribution in [3.8, 4) is 11.5 Å². The number of hydrogen-bond acceptors (Lipinski definition) is 6. The highest BCUT2D eigenvalue weighted by atomic mass is 79.9. The Kier molecular flexibility index (Phi) is 8.96. The Labute approximate surface area is 236 Å². The van der Waals surface area contributed by atoms with Crippen molar-refractivity contribution in [1.82, 2.24) is 9.66 Å². The number of carbonyl (C=O) groups is 1. The summed E-state index contributed by atoms with van der Waals surface area (Å²) in [4.78, 5) is 30.3. The molecular weight excluding hydrogens is 616 g/mol. The van der Waals surface area contributed by atoms with Crippen molar-refractivity contribution in [1.29, 1.82) is 0 Å². The zero-order chi connectivity index (χ0) is 27.2. The van der Waals surface area contributed by atoms with E-state index in [0.29, 0.717) is 51.3 Å². The van der Waals surface area contributed by atoms with Gasteiger partial charge in [0.1, 0.15) is 5.82 Å². The summed E-state index contributed by atoms with van der Waals surface area (Å²) < 4.78 is 14.3. The van der Waals surface area contributed by atoms with Crippen LogP contribution in [-0.4, -0.2) is 35.0 Å². The molecule has 3 aromatic carbocycles. The number of hydrogen-bond donors (Lipinski definition) is 1. The monoisotopic (exact) mass is 640 g/mol. The number of halogens is 2. The third-order valence-electron chi connectivity index (χ3n) is 5.64. The summed E-state index contributed by atoms with van der Waals surface area (Å²) in [6.07, 6.45) is 2.09. The van der Waals surface area contributed by atoms with E-state index in [1.165, 1.54) is 4.68 Å². The zero-order valence-corrected chi connectivity index (χ0v) is 24.3. The zero-order valence-electron chi connectivity index (χ0n) is 21.1. The topological polar surface area (TPSA) is 94.8 Å². The molecule has 4 aromatic rings. The predicted octanol–water partition coefficient (Wildman–Crippen LogP) is 6.09. The van der Waals surface area contributed by atoms with Gasteiger partial charge in [-0.25, -0.2) is 4.98 Å². The van der Waals surface area contributed by atoms with Crippen LogP contribution < -0.4 is 20.3 Å². The van der Waals surface area contributed by atoms with Crippen molar-refractivity contribution in [3.05, 3.63) is 90.8 Å². The number of fused-ring (bicyclic) bond motifs is 1. The first kappa shape index (κ1) is 27.5. The van der Waals surface area contributed by atoms with E-state index >= 15 is 0 Å². The average Bonchev–Trinajstić information content (AvgIpc) is 2.90. The molecule has 0 aliphatic rings. The molecule has 38 heavy (non-hydrogen) atoms. The highest BCUT2D eigenvalue weighted by Gasteiger charge is 2.14. The third-order valence-corrected chi connectivity index (χ3v) is 6.82. The van der Waals surface area contributed by atoms with E-state index in [1.807, 2.05) is 51.1 Å². The Morgan fingerprint density at radius 3 is 2.58 bits per heavy atom. The maximum atomic E-state index is 13.2. The first-order chi connectivity index (χ1) is 18.3. The van der Waals surface area contributed by atoms with Crippen LogP contribution in [0.2, 0.25) is 0 Å². The molecule has 4 rings (SSSR count). The van der Waals surface area contributed by atoms with Crippen molar-refractivity contribution in [2.45, 2.75) is 27.2 Å². The average molecular weight is 642 g/mol. The molecule has 0 unspecified atom stereocenters. The largest absolute Gasteiger partial charge is 0.490 e. The van der Waals surface area contributed by atoms with Crippen LogP contribution in [0.15, 0.2) is 73.4 Å². The number of anilines is 1. The summed E-state index contributed by atoms with van der Waals surface area (Å²) in [5.74, 6) is 1.11. The number of carbonyl (C=O) groups excluding carboxylic acids is 1. The molecular formula is C28H26Br2N4O4. The molecule has 1 amide bonds. The maximum Gasteiger partial charge on any atom is 0.282 e. The number of amides is 1. The molecule has 0 atom stereocenters. The highest BCUT2D eigenvalue weighted by molar-refractivity contribution is 9.10. The summed E-state index contributed by atoms with van der Waals surface area (Å²) in [6.45, 7) is 5.90. The van der Waals surface area contributed by atoms with Crippen LogP contribution >= 0.6 is 31.9 Å². The van der Waals surface area contributed by atoms with Crippen LogP contribution in [0, 0.1) is 6.92 Å². The summed E-state index contributed by atoms with van der Waals surface area (Å²) in [5.41, 5.74) is 2.71. The van der Waals surface area contributed by atoms with Gasteiger partial charge in [-0.05, 0) is 71.7 Å². The van der Waals surface area contributed by atoms with Crippen LogP contribution in [0.5, 0.6) is 11.5 Å². The molecule has 0 radical (unpaired) electrons. The number of nitrogens with one attached hydrogen (secondary N) is 1. The van der Waals surface area contributed by atoms with E-state index in [0.717, 1.165) is 15.7 Å². The van der Waals surface area contributed by atoms with E-state index in [9.17, 15) is 9.59 Å². The molecule has 0 saturated heterocycles. The second-order valence-electron chi connectivity index (χ2n) is 8.31. The Hall–Kier alpha value is -3.50. The van der Waals surface area contributed by atoms with E-state index in [2.05, 4.69) is 47.3 Å². The Balaban J connectivity index is 1.59. The fourth-order valence-electron chi connectivity index (χ4n) is 3.74. The van der Waals surface area contributed by atoms with Gasteiger partial charge in [0.05, 0.1) is 23.7 Å². The lowest BCUT2D eigenvalue weighted by Crippen LogP contribution is -2.22. The number of rotatable bonds is 9. The van der Waals surface area contributed by atoms with Crippen LogP contribution in [-0.2, 0) is 11.2 Å². The molecule has 1 aromatic heterocycles. The Bertz CT molecular complexity index is 1580. The van der Waals surface area contributed by atoms with Crippen molar-refractivity contribution in [3.63, 3.8) is 0 Å². The summed E-state index contributed by atoms with van der Waals surface area (Å²) in [6, 6.07) is 16.4. The Morgan fingerprint density at radius 2 is 1.84 bits per heavy atom. The fourth-order valence-corrected chi connectivity index (χ4v) is 4.52. The predicted molar refractivity (Wildman–Crippen MR) is 157 cm³/mol. The number of nitrogens with zero attached hydrogens (tertiary/aromatic N) is 3. The Morgan fingerprint density at radius 1 is 1.08 bits per heavy atom. The molecule has 0 saturated carbocycles. The van der Waals surface area contributed by atoms with Crippen LogP contribution in [0.1, 0.15) is 30.8 Å². The van der Waals surface area contributed by atoms with Crippen molar-refractivity contribution < 1.29 is 14.3 Å². The molecule has 1 heterocycles. The van der Waals surface area contributed by atoms with Gasteiger partial charge in [0, 0.05) is 26.6 Å². The summed E-state index contributed by atoms with van der Waals surface area (Å²) in [7, 11) is 0. The SMILES string of the molecule is CCOc1cc(C=Nn2c(CC)nc3ccc(Br)cc3c2=O)c(Br)cc1OCC(=O)Nc1ccccc1C. The fraction of sp³-hybridized carbons (Fsp3) is 0.214. The van der Waals surface area contributed by atoms with Gasteiger partial charge < -0.3 is 14.8 Å². The highest BCUT2D eigenvalue weighted by Crippen LogP contribution is 2.33. The van der Waals surface area contributed by atoms with E-state index in [4.69, 9.17) is 9.47 Å². The van der Waals surface area contributed by atoms with Gasteiger partial charge in [-0.2, -0.15) is 9.78 Å². The minimum absolute atomic E-state index is 0.193. The van der Waals surface area contributed by atoms with Crippen molar-refractivity contribution in [2.24, 2.45) is 5.10 Å². The molecule has 0 spiro atoms. The summed E-state index contributed by atoms with van der Waals surface area (Å²) >= 11 is 6.95. The molecule has 8 nitrogen and oxygen atoms in total. The van der Waals surface area contributed by atoms with Gasteiger partial charge >= 0.3 is 0 Å². The lowest BCUT2D eigenvalue weighted by molar-refractivity contribution is -0.118. The van der Waals surface area contributed by atoms with Crippen LogP contribution in [0.4, 0.5) is 5.69 Å². The second kappa shape index (κ2) is 12.4. The molecule has 10 heteroatoms. The summed E-state index contributed by atoms with van der Waals surface area (Å²) in [5, 5.41) is 7.78. The van der Waals surface area contributed by atoms with E-state index < -0.39 is 0 Å². The normalized spacial score (nSPS) is 11.2. The molecule has 0 bridgehead atoms. The first-order valence-electron chi connectivity index (χ1n) is 12.0. The third kappa shape index (κ3) is 6.31. The van der Waals surface area contributed by atoms with Gasteiger partial charge in [-0.1, -0.05) is 41.1 Å². The second-order valence-corrected chi connectivity index (χ2v) is 10.1. The first-order valence-corrected chi connectivity index (χ1v) is 13.6. The van der Waals surface area contributed by atoms with Crippen LogP contribution in [0.25, 0.3) is 10.9 Å². The van der Waals surface area contributed by atoms with E-state index in [-0.39, 0.29) is 18.1 Å². The number of aromatic nitrogens is 2. The van der Waals surface area contributed by atoms with E-state index in [1.54, 1.807) is 30.5 Å². The maximum absolute atomic E-state index is 13.2. The molecule has 0 fully saturated rings. The lowest BCUT2D eigenvalue weighted by Gasteiger charge is -2.14. The smallest absolute Gasteiger partial charge is 0.282 e. The number of aryl methyl sites for hydroxylation is 2. The van der Waals surface area contributed by atoms with Gasteiger partial charge in [0.15, 0.2) is 18.1 Å². The standard InChI is InChI=1S/C28H26Br2N4O4/c1-4-26-32-23-11-10-19(29)13-20(23)28(36)34(26)31-15-18-12-24(37-5-2)25(14-21(18)30)38-16-27(35)33-22-9-7-6-8-17(22)3/h6-15H,4-5,16H2,1-3H3,(H,33,35). The quantitative estimate of drug-likeness (QED) is 0.223. The number of ether oxygens (including phenoxy) is 2. The molecule has 0 aliphatic heterocycles. The number of para-hydroxylation sites is 1. The molecule has 0 aliphatic carbocycles. The number of benzene rings is 3. The van der Waals surface area contributed by atoms with Crippen molar-refractivity contribution in [2.75, 3.05) is 18.5 Å². The van der Waals surface area contributed by atoms with Gasteiger partial charge in [0.2, 0.25) is 0 Å². The van der Waals surface area contributed by atoms with Gasteiger partial charge in [0.25, 0.3) is 11.5 Å². The van der Waals surface area contributed by atoms with Gasteiger partial charge in [-0.3, -0.25) is 9.59 Å². The lowest BCUT2D eigenvalue weighted by atomic mass is 10.2. The molecule has 1 N–H and O–H groups in total. The molecule has 196 valence electrons. The van der Waals surface area contributed by atoms with Crippen LogP contribution in [0.3, 0.4) is 0 Å². The minimum atomic E-state index is -0.287. The van der Waals surface area contributed by atoms with Crippen molar-refractivity contribution >= 4 is 60.6 Å². The minimum Gasteiger partial charge on any atom is -0.490 e.